The second kappa shape index (κ2) is 6.69. The molecule has 0 N–H and O–H groups in total. The van der Waals surface area contributed by atoms with Gasteiger partial charge in [0.1, 0.15) is 5.15 Å². The molecule has 6 heteroatoms. The lowest BCUT2D eigenvalue weighted by Gasteiger charge is -2.14. The van der Waals surface area contributed by atoms with Crippen LogP contribution in [0.4, 0.5) is 0 Å². The summed E-state index contributed by atoms with van der Waals surface area (Å²) in [6.07, 6.45) is 4.88. The Morgan fingerprint density at radius 1 is 1.14 bits per heavy atom. The van der Waals surface area contributed by atoms with Gasteiger partial charge in [0.15, 0.2) is 5.82 Å². The number of nitrogens with zero attached hydrogens (tertiary/aromatic N) is 2. The van der Waals surface area contributed by atoms with Crippen LogP contribution in [0.25, 0.3) is 11.4 Å². The third-order valence-electron chi connectivity index (χ3n) is 3.75. The van der Waals surface area contributed by atoms with Crippen LogP contribution in [0.5, 0.6) is 0 Å². The molecule has 1 aliphatic carbocycles. The zero-order valence-corrected chi connectivity index (χ0v) is 16.3. The van der Waals surface area contributed by atoms with Crippen LogP contribution < -0.4 is 0 Å². The van der Waals surface area contributed by atoms with Crippen molar-refractivity contribution in [3.8, 4) is 11.4 Å². The van der Waals surface area contributed by atoms with E-state index in [2.05, 4.69) is 43.5 Å². The van der Waals surface area contributed by atoms with Crippen molar-refractivity contribution in [3.63, 3.8) is 0 Å². The molecule has 1 saturated carbocycles. The van der Waals surface area contributed by atoms with Crippen LogP contribution in [0.15, 0.2) is 22.7 Å². The lowest BCUT2D eigenvalue weighted by atomic mass is 10.0. The van der Waals surface area contributed by atoms with Gasteiger partial charge >= 0.3 is 0 Å². The second-order valence-electron chi connectivity index (χ2n) is 5.14. The fourth-order valence-corrected chi connectivity index (χ4v) is 4.31. The van der Waals surface area contributed by atoms with E-state index in [0.29, 0.717) is 21.9 Å². The van der Waals surface area contributed by atoms with Gasteiger partial charge in [0, 0.05) is 16.0 Å². The third kappa shape index (κ3) is 3.38. The van der Waals surface area contributed by atoms with E-state index in [9.17, 15) is 0 Å². The summed E-state index contributed by atoms with van der Waals surface area (Å²) in [7, 11) is 0. The van der Waals surface area contributed by atoms with Gasteiger partial charge < -0.3 is 0 Å². The van der Waals surface area contributed by atoms with E-state index in [4.69, 9.17) is 28.2 Å². The molecule has 1 aromatic heterocycles. The zero-order chi connectivity index (χ0) is 15.0. The minimum Gasteiger partial charge on any atom is -0.232 e. The first-order valence-corrected chi connectivity index (χ1v) is 9.37. The van der Waals surface area contributed by atoms with Crippen molar-refractivity contribution in [1.29, 1.82) is 0 Å². The van der Waals surface area contributed by atoms with Gasteiger partial charge in [-0.1, -0.05) is 52.0 Å². The number of halogens is 4. The smallest absolute Gasteiger partial charge is 0.162 e. The van der Waals surface area contributed by atoms with Gasteiger partial charge in [-0.15, -0.1) is 0 Å². The maximum absolute atomic E-state index is 6.32. The van der Waals surface area contributed by atoms with E-state index in [1.54, 1.807) is 0 Å². The van der Waals surface area contributed by atoms with Crippen molar-refractivity contribution < 1.29 is 0 Å². The number of hydrogen-bond acceptors (Lipinski definition) is 2. The Balaban J connectivity index is 2.10. The van der Waals surface area contributed by atoms with Gasteiger partial charge in [-0.2, -0.15) is 0 Å². The normalized spacial score (nSPS) is 15.6. The summed E-state index contributed by atoms with van der Waals surface area (Å²) < 4.78 is 1.90. The lowest BCUT2D eigenvalue weighted by Crippen LogP contribution is -2.05. The van der Waals surface area contributed by atoms with Gasteiger partial charge in [0.05, 0.1) is 14.3 Å². The summed E-state index contributed by atoms with van der Waals surface area (Å²) in [5, 5.41) is 1.14. The molecule has 2 aromatic rings. The molecular formula is C15H12BrCl2IN2. The standard InChI is InChI=1S/C15H12BrCl2IN2/c16-9-5-6-10(11(17)7-9)15-20-13(8-3-1-2-4-8)12(19)14(18)21-15/h5-8H,1-4H2. The Kier molecular flexibility index (Phi) is 5.08. The molecule has 110 valence electrons. The van der Waals surface area contributed by atoms with Crippen molar-refractivity contribution in [2.24, 2.45) is 0 Å². The van der Waals surface area contributed by atoms with Crippen molar-refractivity contribution in [3.05, 3.63) is 42.1 Å². The molecule has 0 radical (unpaired) electrons. The summed E-state index contributed by atoms with van der Waals surface area (Å²) in [6, 6.07) is 5.70. The molecule has 0 spiro atoms. The van der Waals surface area contributed by atoms with Crippen LogP contribution in [0, 0.1) is 3.57 Å². The first-order valence-electron chi connectivity index (χ1n) is 6.74. The summed E-state index contributed by atoms with van der Waals surface area (Å²) in [4.78, 5) is 9.19. The lowest BCUT2D eigenvalue weighted by molar-refractivity contribution is 0.690. The first kappa shape index (κ1) is 16.0. The summed E-state index contributed by atoms with van der Waals surface area (Å²) in [6.45, 7) is 0. The Labute approximate surface area is 155 Å². The summed E-state index contributed by atoms with van der Waals surface area (Å²) in [5.41, 5.74) is 1.89. The van der Waals surface area contributed by atoms with Crippen LogP contribution in [0.3, 0.4) is 0 Å². The topological polar surface area (TPSA) is 25.8 Å². The van der Waals surface area contributed by atoms with Crippen LogP contribution in [0.2, 0.25) is 10.2 Å². The van der Waals surface area contributed by atoms with Gasteiger partial charge in [-0.25, -0.2) is 9.97 Å². The molecule has 1 aromatic carbocycles. The van der Waals surface area contributed by atoms with Crippen molar-refractivity contribution >= 4 is 61.7 Å². The molecule has 1 aliphatic rings. The van der Waals surface area contributed by atoms with Crippen LogP contribution in [0.1, 0.15) is 37.3 Å². The van der Waals surface area contributed by atoms with E-state index < -0.39 is 0 Å². The Hall–Kier alpha value is 0.0900. The molecule has 1 fully saturated rings. The highest BCUT2D eigenvalue weighted by Crippen LogP contribution is 2.38. The first-order chi connectivity index (χ1) is 10.1. The largest absolute Gasteiger partial charge is 0.232 e. The van der Waals surface area contributed by atoms with Gasteiger partial charge in [-0.05, 0) is 53.6 Å². The van der Waals surface area contributed by atoms with Crippen LogP contribution in [-0.2, 0) is 0 Å². The summed E-state index contributed by atoms with van der Waals surface area (Å²) >= 11 is 18.3. The zero-order valence-electron chi connectivity index (χ0n) is 11.0. The number of rotatable bonds is 2. The average molecular weight is 498 g/mol. The molecule has 21 heavy (non-hydrogen) atoms. The van der Waals surface area contributed by atoms with E-state index >= 15 is 0 Å². The predicted octanol–water partition coefficient (Wildman–Crippen LogP) is 6.48. The average Bonchev–Trinajstić information content (AvgIpc) is 2.96. The number of aromatic nitrogens is 2. The van der Waals surface area contributed by atoms with Gasteiger partial charge in [0.2, 0.25) is 0 Å². The Morgan fingerprint density at radius 3 is 2.52 bits per heavy atom. The molecular weight excluding hydrogens is 486 g/mol. The molecule has 0 unspecified atom stereocenters. The highest BCUT2D eigenvalue weighted by atomic mass is 127. The van der Waals surface area contributed by atoms with Crippen LogP contribution >= 0.6 is 61.7 Å². The summed E-state index contributed by atoms with van der Waals surface area (Å²) in [5.74, 6) is 1.10. The van der Waals surface area contributed by atoms with Crippen molar-refractivity contribution in [2.45, 2.75) is 31.6 Å². The molecule has 2 nitrogen and oxygen atoms in total. The van der Waals surface area contributed by atoms with Crippen molar-refractivity contribution in [1.82, 2.24) is 9.97 Å². The fraction of sp³-hybridized carbons (Fsp3) is 0.333. The monoisotopic (exact) mass is 496 g/mol. The maximum Gasteiger partial charge on any atom is 0.162 e. The molecule has 0 atom stereocenters. The fourth-order valence-electron chi connectivity index (χ4n) is 2.70. The molecule has 0 saturated heterocycles. The van der Waals surface area contributed by atoms with E-state index in [1.807, 2.05) is 18.2 Å². The highest BCUT2D eigenvalue weighted by Gasteiger charge is 2.24. The van der Waals surface area contributed by atoms with Crippen LogP contribution in [-0.4, -0.2) is 9.97 Å². The quantitative estimate of drug-likeness (QED) is 0.351. The third-order valence-corrected chi connectivity index (χ3v) is 6.21. The second-order valence-corrected chi connectivity index (χ2v) is 7.90. The number of benzene rings is 1. The van der Waals surface area contributed by atoms with Crippen molar-refractivity contribution in [2.75, 3.05) is 0 Å². The van der Waals surface area contributed by atoms with E-state index in [1.165, 1.54) is 25.7 Å². The van der Waals surface area contributed by atoms with E-state index in [0.717, 1.165) is 19.3 Å². The Morgan fingerprint density at radius 2 is 1.86 bits per heavy atom. The van der Waals surface area contributed by atoms with Gasteiger partial charge in [0.25, 0.3) is 0 Å². The minimum absolute atomic E-state index is 0.491. The van der Waals surface area contributed by atoms with Gasteiger partial charge in [-0.3, -0.25) is 0 Å². The maximum atomic E-state index is 6.32. The molecule has 0 aliphatic heterocycles. The molecule has 3 rings (SSSR count). The SMILES string of the molecule is Clc1cc(Br)ccc1-c1nc(Cl)c(I)c(C2CCCC2)n1. The molecule has 0 bridgehead atoms. The predicted molar refractivity (Wildman–Crippen MR) is 99.1 cm³/mol. The molecule has 0 amide bonds. The number of hydrogen-bond donors (Lipinski definition) is 0. The highest BCUT2D eigenvalue weighted by molar-refractivity contribution is 14.1. The molecule has 1 heterocycles. The minimum atomic E-state index is 0.491. The van der Waals surface area contributed by atoms with E-state index in [-0.39, 0.29) is 0 Å². The Bertz CT molecular complexity index is 688.